The number of nitrogens with zero attached hydrogens (tertiary/aromatic N) is 6. The van der Waals surface area contributed by atoms with Gasteiger partial charge in [0.1, 0.15) is 5.75 Å². The average molecular weight is 441 g/mol. The van der Waals surface area contributed by atoms with Gasteiger partial charge in [0, 0.05) is 36.9 Å². The monoisotopic (exact) mass is 440 g/mol. The molecule has 3 aromatic rings. The molecule has 0 aliphatic carbocycles. The minimum atomic E-state index is -0.224. The number of methoxy groups -OCH3 is 1. The SMILES string of the molecule is COc1cccc([C@@H](c2nnnn2C(C)(C)C)N2CCN(c3cccc(Cl)c3)CC2)c1. The van der Waals surface area contributed by atoms with E-state index in [0.717, 1.165) is 54.0 Å². The van der Waals surface area contributed by atoms with Gasteiger partial charge in [0.05, 0.1) is 18.7 Å². The largest absolute Gasteiger partial charge is 0.497 e. The number of rotatable bonds is 5. The minimum Gasteiger partial charge on any atom is -0.497 e. The summed E-state index contributed by atoms with van der Waals surface area (Å²) in [5.74, 6) is 1.67. The highest BCUT2D eigenvalue weighted by atomic mass is 35.5. The number of piperazine rings is 1. The molecule has 0 saturated carbocycles. The fourth-order valence-electron chi connectivity index (χ4n) is 4.09. The van der Waals surface area contributed by atoms with Gasteiger partial charge in [-0.3, -0.25) is 4.90 Å². The summed E-state index contributed by atoms with van der Waals surface area (Å²) in [6, 6.07) is 16.2. The van der Waals surface area contributed by atoms with Crippen LogP contribution < -0.4 is 9.64 Å². The van der Waals surface area contributed by atoms with E-state index in [9.17, 15) is 0 Å². The molecular formula is C23H29ClN6O. The van der Waals surface area contributed by atoms with Crippen molar-refractivity contribution in [1.29, 1.82) is 0 Å². The molecule has 0 bridgehead atoms. The molecule has 8 heteroatoms. The highest BCUT2D eigenvalue weighted by Crippen LogP contribution is 2.33. The number of hydrogen-bond donors (Lipinski definition) is 0. The summed E-state index contributed by atoms with van der Waals surface area (Å²) in [7, 11) is 1.69. The Hall–Kier alpha value is -2.64. The minimum absolute atomic E-state index is 0.0640. The zero-order chi connectivity index (χ0) is 22.0. The van der Waals surface area contributed by atoms with Crippen molar-refractivity contribution in [3.8, 4) is 5.75 Å². The number of aromatic nitrogens is 4. The second-order valence-electron chi connectivity index (χ2n) is 8.80. The first-order valence-electron chi connectivity index (χ1n) is 10.5. The standard InChI is InChI=1S/C23H29ClN6O/c1-23(2,3)30-22(25-26-27-30)21(17-7-5-10-20(15-17)31-4)29-13-11-28(12-14-29)19-9-6-8-18(24)16-19/h5-10,15-16,21H,11-14H2,1-4H3/t21-/m0/s1. The van der Waals surface area contributed by atoms with Gasteiger partial charge in [0.15, 0.2) is 5.82 Å². The summed E-state index contributed by atoms with van der Waals surface area (Å²) >= 11 is 6.21. The third kappa shape index (κ3) is 4.67. The molecule has 0 N–H and O–H groups in total. The van der Waals surface area contributed by atoms with Gasteiger partial charge in [-0.15, -0.1) is 5.10 Å². The molecule has 1 atom stereocenters. The van der Waals surface area contributed by atoms with Crippen molar-refractivity contribution in [2.24, 2.45) is 0 Å². The van der Waals surface area contributed by atoms with Crippen LogP contribution in [0.1, 0.15) is 38.2 Å². The van der Waals surface area contributed by atoms with Crippen LogP contribution in [0.4, 0.5) is 5.69 Å². The van der Waals surface area contributed by atoms with Gasteiger partial charge < -0.3 is 9.64 Å². The molecule has 1 aliphatic heterocycles. The molecule has 164 valence electrons. The zero-order valence-corrected chi connectivity index (χ0v) is 19.3. The Balaban J connectivity index is 1.65. The van der Waals surface area contributed by atoms with Crippen molar-refractivity contribution in [1.82, 2.24) is 25.1 Å². The zero-order valence-electron chi connectivity index (χ0n) is 18.5. The van der Waals surface area contributed by atoms with Crippen LogP contribution in [0.2, 0.25) is 5.02 Å². The quantitative estimate of drug-likeness (QED) is 0.597. The molecule has 1 aromatic heterocycles. The lowest BCUT2D eigenvalue weighted by molar-refractivity contribution is 0.191. The summed E-state index contributed by atoms with van der Waals surface area (Å²) in [4.78, 5) is 4.82. The summed E-state index contributed by atoms with van der Waals surface area (Å²) in [5.41, 5.74) is 2.05. The maximum Gasteiger partial charge on any atom is 0.173 e. The van der Waals surface area contributed by atoms with Gasteiger partial charge in [-0.1, -0.05) is 29.8 Å². The first-order valence-corrected chi connectivity index (χ1v) is 10.9. The molecule has 2 aromatic carbocycles. The molecule has 0 amide bonds. The number of tetrazole rings is 1. The lowest BCUT2D eigenvalue weighted by atomic mass is 10.0. The van der Waals surface area contributed by atoms with Crippen LogP contribution in [0.5, 0.6) is 5.75 Å². The molecular weight excluding hydrogens is 412 g/mol. The van der Waals surface area contributed by atoms with Crippen molar-refractivity contribution < 1.29 is 4.74 Å². The normalized spacial score (nSPS) is 16.4. The molecule has 0 unspecified atom stereocenters. The predicted molar refractivity (Wildman–Crippen MR) is 123 cm³/mol. The fourth-order valence-corrected chi connectivity index (χ4v) is 4.27. The van der Waals surface area contributed by atoms with Crippen LogP contribution in [0.25, 0.3) is 0 Å². The van der Waals surface area contributed by atoms with E-state index >= 15 is 0 Å². The molecule has 1 fully saturated rings. The third-order valence-electron chi connectivity index (χ3n) is 5.64. The molecule has 7 nitrogen and oxygen atoms in total. The van der Waals surface area contributed by atoms with Gasteiger partial charge in [-0.2, -0.15) is 0 Å². The van der Waals surface area contributed by atoms with E-state index in [1.807, 2.05) is 35.0 Å². The second kappa shape index (κ2) is 8.85. The fraction of sp³-hybridized carbons (Fsp3) is 0.435. The van der Waals surface area contributed by atoms with Crippen LogP contribution in [-0.2, 0) is 5.54 Å². The molecule has 0 spiro atoms. The van der Waals surface area contributed by atoms with Crippen molar-refractivity contribution in [3.63, 3.8) is 0 Å². The van der Waals surface area contributed by atoms with Crippen LogP contribution in [0, 0.1) is 0 Å². The Morgan fingerprint density at radius 1 is 1.00 bits per heavy atom. The first-order chi connectivity index (χ1) is 14.9. The Labute approximate surface area is 188 Å². The Morgan fingerprint density at radius 3 is 2.42 bits per heavy atom. The van der Waals surface area contributed by atoms with E-state index in [1.165, 1.54) is 0 Å². The lowest BCUT2D eigenvalue weighted by Gasteiger charge is -2.40. The molecule has 4 rings (SSSR count). The van der Waals surface area contributed by atoms with Crippen LogP contribution in [0.15, 0.2) is 48.5 Å². The van der Waals surface area contributed by atoms with Gasteiger partial charge >= 0.3 is 0 Å². The Bertz CT molecular complexity index is 1020. The van der Waals surface area contributed by atoms with Gasteiger partial charge in [-0.25, -0.2) is 4.68 Å². The van der Waals surface area contributed by atoms with E-state index < -0.39 is 0 Å². The van der Waals surface area contributed by atoms with Crippen molar-refractivity contribution in [3.05, 3.63) is 64.9 Å². The molecule has 0 radical (unpaired) electrons. The second-order valence-corrected chi connectivity index (χ2v) is 9.24. The first kappa shape index (κ1) is 21.6. The van der Waals surface area contributed by atoms with E-state index in [2.05, 4.69) is 64.3 Å². The molecule has 1 aliphatic rings. The number of hydrogen-bond acceptors (Lipinski definition) is 6. The maximum absolute atomic E-state index is 6.21. The van der Waals surface area contributed by atoms with Gasteiger partial charge in [-0.05, 0) is 67.1 Å². The van der Waals surface area contributed by atoms with Crippen LogP contribution >= 0.6 is 11.6 Å². The topological polar surface area (TPSA) is 59.3 Å². The molecule has 2 heterocycles. The van der Waals surface area contributed by atoms with Crippen molar-refractivity contribution in [2.75, 3.05) is 38.2 Å². The van der Waals surface area contributed by atoms with Crippen LogP contribution in [0.3, 0.4) is 0 Å². The summed E-state index contributed by atoms with van der Waals surface area (Å²) in [6.45, 7) is 9.91. The summed E-state index contributed by atoms with van der Waals surface area (Å²) in [5, 5.41) is 13.6. The smallest absolute Gasteiger partial charge is 0.173 e. The van der Waals surface area contributed by atoms with Gasteiger partial charge in [0.2, 0.25) is 0 Å². The maximum atomic E-state index is 6.21. The Morgan fingerprint density at radius 2 is 1.74 bits per heavy atom. The number of halogens is 1. The molecule has 31 heavy (non-hydrogen) atoms. The summed E-state index contributed by atoms with van der Waals surface area (Å²) in [6.07, 6.45) is 0. The highest BCUT2D eigenvalue weighted by molar-refractivity contribution is 6.30. The van der Waals surface area contributed by atoms with E-state index in [1.54, 1.807) is 7.11 Å². The number of ether oxygens (including phenoxy) is 1. The highest BCUT2D eigenvalue weighted by Gasteiger charge is 2.33. The lowest BCUT2D eigenvalue weighted by Crippen LogP contribution is -2.48. The number of anilines is 1. The van der Waals surface area contributed by atoms with Crippen molar-refractivity contribution >= 4 is 17.3 Å². The van der Waals surface area contributed by atoms with E-state index in [0.29, 0.717) is 0 Å². The van der Waals surface area contributed by atoms with E-state index in [-0.39, 0.29) is 11.6 Å². The summed E-state index contributed by atoms with van der Waals surface area (Å²) < 4.78 is 7.43. The van der Waals surface area contributed by atoms with Crippen LogP contribution in [-0.4, -0.2) is 58.4 Å². The number of benzene rings is 2. The average Bonchev–Trinajstić information content (AvgIpc) is 3.25. The third-order valence-corrected chi connectivity index (χ3v) is 5.87. The van der Waals surface area contributed by atoms with E-state index in [4.69, 9.17) is 16.3 Å². The van der Waals surface area contributed by atoms with Gasteiger partial charge in [0.25, 0.3) is 0 Å². The molecule has 1 saturated heterocycles. The predicted octanol–water partition coefficient (Wildman–Crippen LogP) is 4.00. The Kier molecular flexibility index (Phi) is 6.16. The van der Waals surface area contributed by atoms with Crippen molar-refractivity contribution in [2.45, 2.75) is 32.4 Å².